The minimum absolute atomic E-state index is 0.336. The van der Waals surface area contributed by atoms with E-state index < -0.39 is 0 Å². The Morgan fingerprint density at radius 2 is 1.73 bits per heavy atom. The van der Waals surface area contributed by atoms with Crippen molar-refractivity contribution in [3.63, 3.8) is 0 Å². The van der Waals surface area contributed by atoms with Gasteiger partial charge in [0.15, 0.2) is 0 Å². The summed E-state index contributed by atoms with van der Waals surface area (Å²) in [4.78, 5) is 12.1. The van der Waals surface area contributed by atoms with Gasteiger partial charge in [-0.3, -0.25) is 0 Å². The van der Waals surface area contributed by atoms with Crippen LogP contribution in [0.5, 0.6) is 5.75 Å². The van der Waals surface area contributed by atoms with E-state index in [2.05, 4.69) is 0 Å². The monoisotopic (exact) mass is 292 g/mol. The number of carbonyl (C=O) groups excluding carboxylic acids is 1. The van der Waals surface area contributed by atoms with Crippen LogP contribution in [0.15, 0.2) is 54.1 Å². The first-order chi connectivity index (χ1) is 10.7. The first kappa shape index (κ1) is 14.1. The van der Waals surface area contributed by atoms with Gasteiger partial charge in [-0.1, -0.05) is 42.5 Å². The van der Waals surface area contributed by atoms with Crippen LogP contribution in [0.2, 0.25) is 0 Å². The molecule has 2 aromatic rings. The van der Waals surface area contributed by atoms with Crippen LogP contribution in [0.25, 0.3) is 17.7 Å². The van der Waals surface area contributed by atoms with Crippen molar-refractivity contribution >= 4 is 23.7 Å². The predicted octanol–water partition coefficient (Wildman–Crippen LogP) is 3.81. The van der Waals surface area contributed by atoms with Crippen molar-refractivity contribution in [2.24, 2.45) is 0 Å². The van der Waals surface area contributed by atoms with Gasteiger partial charge >= 0.3 is 5.97 Å². The number of hydrogen-bond donors (Lipinski definition) is 0. The molecule has 0 saturated heterocycles. The molecule has 0 radical (unpaired) electrons. The number of fused-ring (bicyclic) bond motifs is 1. The highest BCUT2D eigenvalue weighted by Gasteiger charge is 2.24. The molecule has 0 aliphatic heterocycles. The lowest BCUT2D eigenvalue weighted by molar-refractivity contribution is -0.135. The van der Waals surface area contributed by atoms with E-state index in [4.69, 9.17) is 9.47 Å². The zero-order valence-electron chi connectivity index (χ0n) is 12.5. The smallest absolute Gasteiger partial charge is 0.338 e. The molecule has 0 spiro atoms. The molecule has 3 rings (SSSR count). The highest BCUT2D eigenvalue weighted by Crippen LogP contribution is 2.38. The van der Waals surface area contributed by atoms with Crippen molar-refractivity contribution in [2.75, 3.05) is 14.2 Å². The molecule has 110 valence electrons. The highest BCUT2D eigenvalue weighted by atomic mass is 16.5. The maximum atomic E-state index is 12.1. The molecule has 0 fully saturated rings. The molecule has 1 aliphatic rings. The van der Waals surface area contributed by atoms with Crippen LogP contribution in [0.3, 0.4) is 0 Å². The molecular formula is C19H16O3. The molecule has 0 bridgehead atoms. The van der Waals surface area contributed by atoms with Crippen molar-refractivity contribution in [2.45, 2.75) is 0 Å². The third-order valence-corrected chi connectivity index (χ3v) is 3.69. The topological polar surface area (TPSA) is 35.5 Å². The Bertz CT molecular complexity index is 785. The van der Waals surface area contributed by atoms with Crippen molar-refractivity contribution in [3.8, 4) is 5.75 Å². The Morgan fingerprint density at radius 3 is 2.50 bits per heavy atom. The molecule has 0 heterocycles. The van der Waals surface area contributed by atoms with E-state index in [1.165, 1.54) is 7.11 Å². The van der Waals surface area contributed by atoms with Gasteiger partial charge in [0, 0.05) is 5.56 Å². The Kier molecular flexibility index (Phi) is 3.79. The van der Waals surface area contributed by atoms with Crippen LogP contribution in [0.1, 0.15) is 16.7 Å². The number of rotatable bonds is 3. The number of para-hydroxylation sites is 1. The van der Waals surface area contributed by atoms with Crippen LogP contribution in [-0.4, -0.2) is 20.2 Å². The number of esters is 1. The molecule has 0 saturated carbocycles. The Hall–Kier alpha value is -2.81. The van der Waals surface area contributed by atoms with E-state index in [9.17, 15) is 4.79 Å². The first-order valence-corrected chi connectivity index (χ1v) is 6.99. The van der Waals surface area contributed by atoms with E-state index in [0.717, 1.165) is 28.0 Å². The lowest BCUT2D eigenvalue weighted by Crippen LogP contribution is -2.04. The normalized spacial score (nSPS) is 14.5. The van der Waals surface area contributed by atoms with E-state index in [1.54, 1.807) is 7.11 Å². The van der Waals surface area contributed by atoms with E-state index in [-0.39, 0.29) is 5.97 Å². The van der Waals surface area contributed by atoms with E-state index >= 15 is 0 Å². The summed E-state index contributed by atoms with van der Waals surface area (Å²) in [5, 5.41) is 0. The lowest BCUT2D eigenvalue weighted by Gasteiger charge is -2.09. The van der Waals surface area contributed by atoms with Crippen molar-refractivity contribution in [1.82, 2.24) is 0 Å². The molecule has 0 aromatic heterocycles. The molecule has 22 heavy (non-hydrogen) atoms. The lowest BCUT2D eigenvalue weighted by atomic mass is 9.99. The fourth-order valence-electron chi connectivity index (χ4n) is 2.62. The Balaban J connectivity index is 2.16. The zero-order chi connectivity index (χ0) is 15.5. The van der Waals surface area contributed by atoms with Crippen molar-refractivity contribution < 1.29 is 14.3 Å². The van der Waals surface area contributed by atoms with Crippen LogP contribution in [0.4, 0.5) is 0 Å². The molecule has 1 aliphatic carbocycles. The molecule has 0 unspecified atom stereocenters. The number of methoxy groups -OCH3 is 2. The van der Waals surface area contributed by atoms with Crippen LogP contribution < -0.4 is 4.74 Å². The average molecular weight is 292 g/mol. The maximum Gasteiger partial charge on any atom is 0.338 e. The van der Waals surface area contributed by atoms with Gasteiger partial charge in [-0.2, -0.15) is 0 Å². The zero-order valence-corrected chi connectivity index (χ0v) is 12.5. The fourth-order valence-corrected chi connectivity index (χ4v) is 2.62. The predicted molar refractivity (Wildman–Crippen MR) is 87.3 cm³/mol. The number of hydrogen-bond acceptors (Lipinski definition) is 3. The van der Waals surface area contributed by atoms with Gasteiger partial charge in [-0.25, -0.2) is 4.79 Å². The molecular weight excluding hydrogens is 276 g/mol. The Morgan fingerprint density at radius 1 is 1.00 bits per heavy atom. The summed E-state index contributed by atoms with van der Waals surface area (Å²) in [6, 6.07) is 15.6. The molecule has 0 atom stereocenters. The summed E-state index contributed by atoms with van der Waals surface area (Å²) in [6.45, 7) is 0. The van der Waals surface area contributed by atoms with Gasteiger partial charge in [0.2, 0.25) is 0 Å². The Labute approximate surface area is 129 Å². The molecule has 3 nitrogen and oxygen atoms in total. The maximum absolute atomic E-state index is 12.1. The van der Waals surface area contributed by atoms with Gasteiger partial charge in [-0.05, 0) is 34.9 Å². The number of carbonyl (C=O) groups is 1. The summed E-state index contributed by atoms with van der Waals surface area (Å²) >= 11 is 0. The van der Waals surface area contributed by atoms with E-state index in [0.29, 0.717) is 5.57 Å². The minimum Gasteiger partial charge on any atom is -0.496 e. The second kappa shape index (κ2) is 5.90. The fraction of sp³-hybridized carbons (Fsp3) is 0.105. The second-order valence-electron chi connectivity index (χ2n) is 4.94. The third kappa shape index (κ3) is 2.42. The number of ether oxygens (including phenoxy) is 2. The highest BCUT2D eigenvalue weighted by molar-refractivity contribution is 6.18. The second-order valence-corrected chi connectivity index (χ2v) is 4.94. The summed E-state index contributed by atoms with van der Waals surface area (Å²) < 4.78 is 10.3. The molecule has 0 amide bonds. The average Bonchev–Trinajstić information content (AvgIpc) is 2.93. The summed E-state index contributed by atoms with van der Waals surface area (Å²) in [6.07, 6.45) is 3.83. The van der Waals surface area contributed by atoms with Crippen LogP contribution >= 0.6 is 0 Å². The van der Waals surface area contributed by atoms with Gasteiger partial charge in [0.1, 0.15) is 5.75 Å². The van der Waals surface area contributed by atoms with Gasteiger partial charge in [0.25, 0.3) is 0 Å². The quantitative estimate of drug-likeness (QED) is 0.807. The summed E-state index contributed by atoms with van der Waals surface area (Å²) in [5.74, 6) is 0.431. The molecule has 2 aromatic carbocycles. The summed E-state index contributed by atoms with van der Waals surface area (Å²) in [7, 11) is 3.03. The summed E-state index contributed by atoms with van der Waals surface area (Å²) in [5.41, 5.74) is 4.38. The standard InChI is InChI=1S/C19H16O3/c1-21-18-10-6-4-8-14(18)12-16-15-9-5-3-7-13(15)11-17(16)19(20)22-2/h3-12H,1-2H3/b16-12+. The first-order valence-electron chi connectivity index (χ1n) is 6.99. The van der Waals surface area contributed by atoms with Crippen LogP contribution in [0, 0.1) is 0 Å². The van der Waals surface area contributed by atoms with E-state index in [1.807, 2.05) is 60.7 Å². The van der Waals surface area contributed by atoms with Gasteiger partial charge in [-0.15, -0.1) is 0 Å². The van der Waals surface area contributed by atoms with Gasteiger partial charge in [0.05, 0.1) is 19.8 Å². The van der Waals surface area contributed by atoms with Crippen molar-refractivity contribution in [1.29, 1.82) is 0 Å². The van der Waals surface area contributed by atoms with Crippen molar-refractivity contribution in [3.05, 3.63) is 70.8 Å². The largest absolute Gasteiger partial charge is 0.496 e. The molecule has 3 heteroatoms. The molecule has 0 N–H and O–H groups in total. The van der Waals surface area contributed by atoms with Gasteiger partial charge < -0.3 is 9.47 Å². The van der Waals surface area contributed by atoms with Crippen LogP contribution in [-0.2, 0) is 9.53 Å². The number of benzene rings is 2. The SMILES string of the molecule is COC(=O)C1=Cc2ccccc2/C1=C\c1ccccc1OC. The minimum atomic E-state index is -0.336. The third-order valence-electron chi connectivity index (χ3n) is 3.69.